The van der Waals surface area contributed by atoms with Crippen molar-refractivity contribution in [1.82, 2.24) is 9.97 Å². The Morgan fingerprint density at radius 1 is 1.53 bits per heavy atom. The van der Waals surface area contributed by atoms with E-state index < -0.39 is 5.97 Å². The number of hydrogen-bond acceptors (Lipinski definition) is 4. The summed E-state index contributed by atoms with van der Waals surface area (Å²) in [6, 6.07) is 1.88. The molecule has 17 heavy (non-hydrogen) atoms. The molecule has 2 rings (SSSR count). The number of nitrogens with zero attached hydrogens (tertiary/aromatic N) is 2. The number of nitrogens with one attached hydrogen (secondary N) is 1. The molecular formula is C12H17N3O2. The quantitative estimate of drug-likeness (QED) is 0.830. The molecule has 5 heteroatoms. The average molecular weight is 235 g/mol. The van der Waals surface area contributed by atoms with E-state index in [-0.39, 0.29) is 12.0 Å². The molecule has 0 aromatic carbocycles. The fourth-order valence-corrected chi connectivity index (χ4v) is 2.29. The van der Waals surface area contributed by atoms with Gasteiger partial charge in [0.15, 0.2) is 0 Å². The van der Waals surface area contributed by atoms with Gasteiger partial charge in [0.2, 0.25) is 0 Å². The van der Waals surface area contributed by atoms with Gasteiger partial charge in [-0.1, -0.05) is 13.3 Å². The summed E-state index contributed by atoms with van der Waals surface area (Å²) >= 11 is 0. The molecule has 0 radical (unpaired) electrons. The van der Waals surface area contributed by atoms with Gasteiger partial charge in [0.1, 0.15) is 12.1 Å². The predicted molar refractivity (Wildman–Crippen MR) is 63.8 cm³/mol. The lowest BCUT2D eigenvalue weighted by molar-refractivity contribution is -0.141. The largest absolute Gasteiger partial charge is 0.481 e. The van der Waals surface area contributed by atoms with Crippen LogP contribution in [0.15, 0.2) is 12.4 Å². The first kappa shape index (κ1) is 11.8. The minimum atomic E-state index is -0.718. The number of aliphatic carboxylic acids is 1. The molecule has 1 aliphatic rings. The van der Waals surface area contributed by atoms with Crippen molar-refractivity contribution in [3.05, 3.63) is 18.1 Å². The van der Waals surface area contributed by atoms with Gasteiger partial charge in [0.05, 0.1) is 5.92 Å². The summed E-state index contributed by atoms with van der Waals surface area (Å²) in [6.07, 6.45) is 4.97. The maximum atomic E-state index is 11.1. The number of aryl methyl sites for hydroxylation is 1. The highest BCUT2D eigenvalue weighted by atomic mass is 16.4. The molecule has 0 spiro atoms. The van der Waals surface area contributed by atoms with Gasteiger partial charge in [-0.15, -0.1) is 0 Å². The summed E-state index contributed by atoms with van der Waals surface area (Å²) < 4.78 is 0. The molecule has 5 nitrogen and oxygen atoms in total. The Kier molecular flexibility index (Phi) is 3.56. The maximum Gasteiger partial charge on any atom is 0.308 e. The normalized spacial score (nSPS) is 23.6. The number of anilines is 1. The fourth-order valence-electron chi connectivity index (χ4n) is 2.29. The minimum absolute atomic E-state index is 0.00731. The Morgan fingerprint density at radius 2 is 2.35 bits per heavy atom. The summed E-state index contributed by atoms with van der Waals surface area (Å²) in [5.74, 6) is -0.283. The first-order valence-electron chi connectivity index (χ1n) is 6.01. The van der Waals surface area contributed by atoms with Gasteiger partial charge < -0.3 is 10.4 Å². The zero-order valence-corrected chi connectivity index (χ0v) is 9.89. The van der Waals surface area contributed by atoms with Crippen molar-refractivity contribution in [2.45, 2.75) is 38.6 Å². The van der Waals surface area contributed by atoms with E-state index in [0.717, 1.165) is 37.2 Å². The van der Waals surface area contributed by atoms with Crippen LogP contribution in [-0.2, 0) is 11.2 Å². The van der Waals surface area contributed by atoms with Gasteiger partial charge in [-0.05, 0) is 19.3 Å². The second kappa shape index (κ2) is 5.12. The summed E-state index contributed by atoms with van der Waals surface area (Å²) in [7, 11) is 0. The van der Waals surface area contributed by atoms with Gasteiger partial charge in [-0.3, -0.25) is 4.79 Å². The van der Waals surface area contributed by atoms with Gasteiger partial charge in [-0.2, -0.15) is 0 Å². The lowest BCUT2D eigenvalue weighted by Gasteiger charge is -2.18. The van der Waals surface area contributed by atoms with Crippen molar-refractivity contribution in [2.24, 2.45) is 5.92 Å². The van der Waals surface area contributed by atoms with Crippen molar-refractivity contribution in [2.75, 3.05) is 5.32 Å². The van der Waals surface area contributed by atoms with Crippen molar-refractivity contribution in [3.63, 3.8) is 0 Å². The fraction of sp³-hybridized carbons (Fsp3) is 0.583. The first-order valence-corrected chi connectivity index (χ1v) is 6.01. The van der Waals surface area contributed by atoms with Gasteiger partial charge in [-0.25, -0.2) is 9.97 Å². The Labute approximate surface area is 100 Å². The Balaban J connectivity index is 2.06. The summed E-state index contributed by atoms with van der Waals surface area (Å²) in [4.78, 5) is 19.3. The molecule has 1 aromatic rings. The van der Waals surface area contributed by atoms with Crippen LogP contribution in [0.3, 0.4) is 0 Å². The Hall–Kier alpha value is -1.65. The second-order valence-corrected chi connectivity index (χ2v) is 4.37. The van der Waals surface area contributed by atoms with E-state index in [1.807, 2.05) is 13.0 Å². The number of carboxylic acids is 1. The van der Waals surface area contributed by atoms with Crippen molar-refractivity contribution < 1.29 is 9.90 Å². The third-order valence-electron chi connectivity index (χ3n) is 3.25. The summed E-state index contributed by atoms with van der Waals surface area (Å²) in [6.45, 7) is 2.03. The van der Waals surface area contributed by atoms with E-state index in [9.17, 15) is 4.79 Å². The monoisotopic (exact) mass is 235 g/mol. The van der Waals surface area contributed by atoms with E-state index in [0.29, 0.717) is 0 Å². The van der Waals surface area contributed by atoms with Crippen LogP contribution >= 0.6 is 0 Å². The van der Waals surface area contributed by atoms with Crippen molar-refractivity contribution >= 4 is 11.8 Å². The zero-order valence-electron chi connectivity index (χ0n) is 9.89. The number of rotatable bonds is 4. The molecule has 1 heterocycles. The lowest BCUT2D eigenvalue weighted by Crippen LogP contribution is -2.30. The number of aromatic nitrogens is 2. The van der Waals surface area contributed by atoms with Crippen LogP contribution in [-0.4, -0.2) is 27.1 Å². The van der Waals surface area contributed by atoms with Crippen LogP contribution in [0.1, 0.15) is 31.9 Å². The van der Waals surface area contributed by atoms with Gasteiger partial charge in [0, 0.05) is 17.8 Å². The summed E-state index contributed by atoms with van der Waals surface area (Å²) in [5, 5.41) is 12.3. The number of carbonyl (C=O) groups is 1. The van der Waals surface area contributed by atoms with Crippen LogP contribution in [0, 0.1) is 5.92 Å². The minimum Gasteiger partial charge on any atom is -0.481 e. The van der Waals surface area contributed by atoms with Gasteiger partial charge in [0.25, 0.3) is 0 Å². The zero-order chi connectivity index (χ0) is 12.3. The van der Waals surface area contributed by atoms with E-state index in [1.54, 1.807) is 0 Å². The second-order valence-electron chi connectivity index (χ2n) is 4.37. The smallest absolute Gasteiger partial charge is 0.308 e. The summed E-state index contributed by atoms with van der Waals surface area (Å²) in [5.41, 5.74) is 0.965. The molecule has 1 aliphatic carbocycles. The van der Waals surface area contributed by atoms with Crippen molar-refractivity contribution in [3.8, 4) is 0 Å². The maximum absolute atomic E-state index is 11.1. The molecule has 0 bridgehead atoms. The van der Waals surface area contributed by atoms with Crippen molar-refractivity contribution in [1.29, 1.82) is 0 Å². The first-order chi connectivity index (χ1) is 8.20. The average Bonchev–Trinajstić information content (AvgIpc) is 2.77. The molecule has 92 valence electrons. The standard InChI is InChI=1S/C12H17N3O2/c1-2-8-6-11(14-7-13-8)15-10-5-3-4-9(10)12(16)17/h6-7,9-10H,2-5H2,1H3,(H,16,17)(H,13,14,15). The SMILES string of the molecule is CCc1cc(NC2CCCC2C(=O)O)ncn1. The molecule has 2 unspecified atom stereocenters. The molecule has 1 aromatic heterocycles. The highest BCUT2D eigenvalue weighted by Gasteiger charge is 2.32. The third kappa shape index (κ3) is 2.72. The molecule has 0 aliphatic heterocycles. The Morgan fingerprint density at radius 3 is 3.06 bits per heavy atom. The molecule has 1 fully saturated rings. The molecule has 0 saturated heterocycles. The van der Waals surface area contributed by atoms with E-state index in [1.165, 1.54) is 6.33 Å². The molecular weight excluding hydrogens is 218 g/mol. The van der Waals surface area contributed by atoms with E-state index in [2.05, 4.69) is 15.3 Å². The Bertz CT molecular complexity index is 408. The lowest BCUT2D eigenvalue weighted by atomic mass is 10.0. The molecule has 0 amide bonds. The highest BCUT2D eigenvalue weighted by Crippen LogP contribution is 2.28. The molecule has 2 N–H and O–H groups in total. The number of carboxylic acid groups (broad SMARTS) is 1. The van der Waals surface area contributed by atoms with Crippen LogP contribution in [0.2, 0.25) is 0 Å². The highest BCUT2D eigenvalue weighted by molar-refractivity contribution is 5.72. The van der Waals surface area contributed by atoms with Crippen LogP contribution in [0.5, 0.6) is 0 Å². The predicted octanol–water partition coefficient (Wildman–Crippen LogP) is 1.70. The van der Waals surface area contributed by atoms with E-state index >= 15 is 0 Å². The van der Waals surface area contributed by atoms with Gasteiger partial charge >= 0.3 is 5.97 Å². The van der Waals surface area contributed by atoms with Crippen LogP contribution in [0.25, 0.3) is 0 Å². The molecule has 2 atom stereocenters. The topological polar surface area (TPSA) is 75.1 Å². The molecule has 1 saturated carbocycles. The number of hydrogen-bond donors (Lipinski definition) is 2. The van der Waals surface area contributed by atoms with E-state index in [4.69, 9.17) is 5.11 Å². The van der Waals surface area contributed by atoms with Crippen LogP contribution in [0.4, 0.5) is 5.82 Å². The third-order valence-corrected chi connectivity index (χ3v) is 3.25. The van der Waals surface area contributed by atoms with Crippen LogP contribution < -0.4 is 5.32 Å².